The highest BCUT2D eigenvalue weighted by Crippen LogP contribution is 2.44. The SMILES string of the molecule is Nc1ccc(C(=O)NCC2(CO)CC2)cc1Br. The van der Waals surface area contributed by atoms with Crippen molar-refractivity contribution in [2.24, 2.45) is 5.41 Å². The molecule has 0 saturated heterocycles. The molecule has 4 N–H and O–H groups in total. The number of nitrogens with one attached hydrogen (secondary N) is 1. The van der Waals surface area contributed by atoms with E-state index < -0.39 is 0 Å². The molecule has 0 unspecified atom stereocenters. The lowest BCUT2D eigenvalue weighted by Crippen LogP contribution is -2.31. The fraction of sp³-hybridized carbons (Fsp3) is 0.417. The molecule has 1 amide bonds. The van der Waals surface area contributed by atoms with Crippen LogP contribution in [0, 0.1) is 5.41 Å². The van der Waals surface area contributed by atoms with Gasteiger partial charge in [-0.15, -0.1) is 0 Å². The summed E-state index contributed by atoms with van der Waals surface area (Å²) >= 11 is 3.29. The van der Waals surface area contributed by atoms with Gasteiger partial charge in [-0.3, -0.25) is 4.79 Å². The molecule has 1 fully saturated rings. The van der Waals surface area contributed by atoms with Crippen LogP contribution < -0.4 is 11.1 Å². The third kappa shape index (κ3) is 2.79. The number of nitrogen functional groups attached to an aromatic ring is 1. The summed E-state index contributed by atoms with van der Waals surface area (Å²) in [5, 5.41) is 12.0. The van der Waals surface area contributed by atoms with E-state index >= 15 is 0 Å². The maximum absolute atomic E-state index is 11.8. The predicted octanol–water partition coefficient (Wildman–Crippen LogP) is 1.53. The van der Waals surface area contributed by atoms with Crippen molar-refractivity contribution >= 4 is 27.5 Å². The van der Waals surface area contributed by atoms with Crippen LogP contribution in [0.2, 0.25) is 0 Å². The van der Waals surface area contributed by atoms with Gasteiger partial charge in [0, 0.05) is 27.7 Å². The molecule has 1 aliphatic rings. The summed E-state index contributed by atoms with van der Waals surface area (Å²) in [6.45, 7) is 0.670. The summed E-state index contributed by atoms with van der Waals surface area (Å²) in [6, 6.07) is 5.08. The first kappa shape index (κ1) is 12.4. The van der Waals surface area contributed by atoms with E-state index in [0.717, 1.165) is 12.8 Å². The molecule has 5 heteroatoms. The number of rotatable bonds is 4. The summed E-state index contributed by atoms with van der Waals surface area (Å²) in [5.74, 6) is -0.134. The van der Waals surface area contributed by atoms with Crippen LogP contribution in [0.4, 0.5) is 5.69 Å². The van der Waals surface area contributed by atoms with Gasteiger partial charge in [0.05, 0.1) is 6.61 Å². The van der Waals surface area contributed by atoms with Gasteiger partial charge in [0.25, 0.3) is 5.91 Å². The minimum atomic E-state index is -0.134. The molecule has 0 spiro atoms. The smallest absolute Gasteiger partial charge is 0.251 e. The molecule has 4 nitrogen and oxygen atoms in total. The number of hydrogen-bond donors (Lipinski definition) is 3. The number of hydrogen-bond acceptors (Lipinski definition) is 3. The first-order valence-electron chi connectivity index (χ1n) is 5.50. The fourth-order valence-electron chi connectivity index (χ4n) is 1.61. The fourth-order valence-corrected chi connectivity index (χ4v) is 1.98. The molecule has 0 heterocycles. The molecule has 0 atom stereocenters. The molecule has 1 aromatic carbocycles. The zero-order valence-corrected chi connectivity index (χ0v) is 11.0. The lowest BCUT2D eigenvalue weighted by atomic mass is 10.1. The molecule has 1 saturated carbocycles. The largest absolute Gasteiger partial charge is 0.398 e. The van der Waals surface area contributed by atoms with Crippen molar-refractivity contribution in [3.05, 3.63) is 28.2 Å². The second-order valence-electron chi connectivity index (χ2n) is 4.58. The summed E-state index contributed by atoms with van der Waals surface area (Å²) in [7, 11) is 0. The number of carbonyl (C=O) groups is 1. The second kappa shape index (κ2) is 4.66. The maximum Gasteiger partial charge on any atom is 0.251 e. The van der Waals surface area contributed by atoms with Crippen LogP contribution in [0.15, 0.2) is 22.7 Å². The topological polar surface area (TPSA) is 75.4 Å². The van der Waals surface area contributed by atoms with Gasteiger partial charge >= 0.3 is 0 Å². The Balaban J connectivity index is 1.97. The number of nitrogens with two attached hydrogens (primary N) is 1. The molecule has 0 bridgehead atoms. The molecule has 0 aliphatic heterocycles. The number of aliphatic hydroxyl groups excluding tert-OH is 1. The molecule has 1 aliphatic carbocycles. The van der Waals surface area contributed by atoms with Crippen LogP contribution in [0.25, 0.3) is 0 Å². The Morgan fingerprint density at radius 1 is 1.53 bits per heavy atom. The molecule has 2 rings (SSSR count). The van der Waals surface area contributed by atoms with E-state index in [0.29, 0.717) is 22.3 Å². The van der Waals surface area contributed by atoms with Gasteiger partial charge in [-0.1, -0.05) is 0 Å². The van der Waals surface area contributed by atoms with Crippen LogP contribution in [-0.4, -0.2) is 24.2 Å². The first-order chi connectivity index (χ1) is 8.06. The number of carbonyl (C=O) groups excluding carboxylic acids is 1. The van der Waals surface area contributed by atoms with E-state index in [9.17, 15) is 4.79 Å². The van der Waals surface area contributed by atoms with Gasteiger partial charge in [-0.25, -0.2) is 0 Å². The Labute approximate surface area is 108 Å². The zero-order chi connectivity index (χ0) is 12.5. The highest BCUT2D eigenvalue weighted by Gasteiger charge is 2.42. The first-order valence-corrected chi connectivity index (χ1v) is 6.30. The van der Waals surface area contributed by atoms with E-state index in [1.54, 1.807) is 18.2 Å². The average molecular weight is 299 g/mol. The van der Waals surface area contributed by atoms with Gasteiger partial charge in [-0.05, 0) is 47.0 Å². The Morgan fingerprint density at radius 2 is 2.24 bits per heavy atom. The summed E-state index contributed by atoms with van der Waals surface area (Å²) in [5.41, 5.74) is 6.76. The number of amides is 1. The van der Waals surface area contributed by atoms with Crippen molar-refractivity contribution in [3.8, 4) is 0 Å². The molecular formula is C12H15BrN2O2. The zero-order valence-electron chi connectivity index (χ0n) is 9.37. The Bertz CT molecular complexity index is 444. The Hall–Kier alpha value is -1.07. The van der Waals surface area contributed by atoms with Crippen molar-refractivity contribution in [1.29, 1.82) is 0 Å². The number of aliphatic hydroxyl groups is 1. The van der Waals surface area contributed by atoms with Crippen LogP contribution in [0.3, 0.4) is 0 Å². The molecule has 17 heavy (non-hydrogen) atoms. The van der Waals surface area contributed by atoms with E-state index in [1.165, 1.54) is 0 Å². The van der Waals surface area contributed by atoms with Gasteiger partial charge in [0.1, 0.15) is 0 Å². The quantitative estimate of drug-likeness (QED) is 0.738. The molecule has 0 radical (unpaired) electrons. The third-order valence-electron chi connectivity index (χ3n) is 3.18. The summed E-state index contributed by atoms with van der Waals surface area (Å²) < 4.78 is 0.716. The van der Waals surface area contributed by atoms with E-state index in [4.69, 9.17) is 10.8 Å². The summed E-state index contributed by atoms with van der Waals surface area (Å²) in [6.07, 6.45) is 1.96. The van der Waals surface area contributed by atoms with Crippen LogP contribution >= 0.6 is 15.9 Å². The van der Waals surface area contributed by atoms with Crippen LogP contribution in [-0.2, 0) is 0 Å². The van der Waals surface area contributed by atoms with Crippen LogP contribution in [0.5, 0.6) is 0 Å². The lowest BCUT2D eigenvalue weighted by Gasteiger charge is -2.13. The van der Waals surface area contributed by atoms with Gasteiger partial charge in [0.15, 0.2) is 0 Å². The second-order valence-corrected chi connectivity index (χ2v) is 5.43. The normalized spacial score (nSPS) is 16.6. The van der Waals surface area contributed by atoms with Crippen molar-refractivity contribution in [2.75, 3.05) is 18.9 Å². The monoisotopic (exact) mass is 298 g/mol. The minimum Gasteiger partial charge on any atom is -0.398 e. The van der Waals surface area contributed by atoms with Crippen molar-refractivity contribution in [2.45, 2.75) is 12.8 Å². The average Bonchev–Trinajstić information content (AvgIpc) is 3.10. The van der Waals surface area contributed by atoms with Gasteiger partial charge in [-0.2, -0.15) is 0 Å². The van der Waals surface area contributed by atoms with Gasteiger partial charge in [0.2, 0.25) is 0 Å². The standard InChI is InChI=1S/C12H15BrN2O2/c13-9-5-8(1-2-10(9)14)11(17)15-6-12(7-16)3-4-12/h1-2,5,16H,3-4,6-7,14H2,(H,15,17). The summed E-state index contributed by atoms with van der Waals surface area (Å²) in [4.78, 5) is 11.8. The van der Waals surface area contributed by atoms with Crippen molar-refractivity contribution < 1.29 is 9.90 Å². The van der Waals surface area contributed by atoms with E-state index in [1.807, 2.05) is 0 Å². The minimum absolute atomic E-state index is 0.0687. The predicted molar refractivity (Wildman–Crippen MR) is 69.6 cm³/mol. The molecular weight excluding hydrogens is 284 g/mol. The van der Waals surface area contributed by atoms with Gasteiger partial charge < -0.3 is 16.2 Å². The van der Waals surface area contributed by atoms with E-state index in [2.05, 4.69) is 21.2 Å². The Kier molecular flexibility index (Phi) is 3.40. The van der Waals surface area contributed by atoms with Crippen LogP contribution in [0.1, 0.15) is 23.2 Å². The number of anilines is 1. The van der Waals surface area contributed by atoms with E-state index in [-0.39, 0.29) is 17.9 Å². The van der Waals surface area contributed by atoms with Crippen molar-refractivity contribution in [3.63, 3.8) is 0 Å². The van der Waals surface area contributed by atoms with Crippen molar-refractivity contribution in [1.82, 2.24) is 5.32 Å². The number of benzene rings is 1. The Morgan fingerprint density at radius 3 is 2.76 bits per heavy atom. The maximum atomic E-state index is 11.8. The molecule has 92 valence electrons. The lowest BCUT2D eigenvalue weighted by molar-refractivity contribution is 0.0935. The molecule has 0 aromatic heterocycles. The third-order valence-corrected chi connectivity index (χ3v) is 3.87. The highest BCUT2D eigenvalue weighted by molar-refractivity contribution is 9.10. The molecule has 1 aromatic rings. The highest BCUT2D eigenvalue weighted by atomic mass is 79.9. The number of halogens is 1.